The smallest absolute Gasteiger partial charge is 0.269 e. The first-order valence-electron chi connectivity index (χ1n) is 13.9. The summed E-state index contributed by atoms with van der Waals surface area (Å²) >= 11 is 0. The van der Waals surface area contributed by atoms with Crippen LogP contribution in [0.3, 0.4) is 0 Å². The van der Waals surface area contributed by atoms with Gasteiger partial charge in [-0.15, -0.1) is 0 Å². The van der Waals surface area contributed by atoms with Gasteiger partial charge in [0.2, 0.25) is 0 Å². The molecular formula is C32H22N4O10. The molecule has 0 N–H and O–H groups in total. The second-order valence-electron chi connectivity index (χ2n) is 10.3. The first-order valence-corrected chi connectivity index (χ1v) is 13.9. The number of nitro benzene ring substituents is 2. The van der Waals surface area contributed by atoms with E-state index < -0.39 is 33.5 Å². The van der Waals surface area contributed by atoms with E-state index in [9.17, 15) is 39.4 Å². The summed E-state index contributed by atoms with van der Waals surface area (Å²) in [6.45, 7) is 0.579. The highest BCUT2D eigenvalue weighted by molar-refractivity contribution is 6.35. The zero-order valence-electron chi connectivity index (χ0n) is 23.8. The molecule has 0 radical (unpaired) electrons. The number of anilines is 2. The molecule has 0 fully saturated rings. The molecular weight excluding hydrogens is 600 g/mol. The summed E-state index contributed by atoms with van der Waals surface area (Å²) in [6, 6.07) is 19.4. The molecule has 0 bridgehead atoms. The molecule has 0 saturated carbocycles. The lowest BCUT2D eigenvalue weighted by Gasteiger charge is -2.13. The van der Waals surface area contributed by atoms with Crippen molar-refractivity contribution in [3.8, 4) is 11.5 Å². The quantitative estimate of drug-likeness (QED) is 0.0917. The molecule has 0 spiro atoms. The lowest BCUT2D eigenvalue weighted by atomic mass is 10.1. The molecule has 14 nitrogen and oxygen atoms in total. The number of nitro groups is 2. The monoisotopic (exact) mass is 622 g/mol. The number of benzene rings is 4. The maximum atomic E-state index is 13.0. The predicted molar refractivity (Wildman–Crippen MR) is 162 cm³/mol. The molecule has 0 aromatic heterocycles. The van der Waals surface area contributed by atoms with E-state index in [1.165, 1.54) is 72.8 Å². The van der Waals surface area contributed by atoms with Crippen LogP contribution < -0.4 is 19.3 Å². The van der Waals surface area contributed by atoms with Crippen molar-refractivity contribution in [3.63, 3.8) is 0 Å². The molecule has 2 aliphatic heterocycles. The number of nitrogens with zero attached hydrogens (tertiary/aromatic N) is 4. The Labute approximate surface area is 259 Å². The van der Waals surface area contributed by atoms with Crippen molar-refractivity contribution < 1.29 is 38.5 Å². The number of imide groups is 2. The molecule has 0 atom stereocenters. The standard InChI is InChI=1S/C32H22N4O10/c37-29-25-13-11-23(17-27(25)31(39)33(29)19-3-7-21(8-4-19)35(41)42)45-15-1-2-16-46-24-12-14-26-28(18-24)32(40)34(30(26)38)20-5-9-22(10-6-20)36(43)44/h3-14,17-18H,1-2,15-16H2. The summed E-state index contributed by atoms with van der Waals surface area (Å²) in [5.41, 5.74) is 0.869. The average Bonchev–Trinajstić information content (AvgIpc) is 3.45. The molecule has 2 aliphatic rings. The van der Waals surface area contributed by atoms with Crippen LogP contribution in [-0.2, 0) is 0 Å². The minimum Gasteiger partial charge on any atom is -0.494 e. The molecule has 2 heterocycles. The highest BCUT2D eigenvalue weighted by Gasteiger charge is 2.38. The molecule has 14 heteroatoms. The van der Waals surface area contributed by atoms with Gasteiger partial charge < -0.3 is 9.47 Å². The Kier molecular flexibility index (Phi) is 7.68. The first-order chi connectivity index (χ1) is 22.1. The Hall–Kier alpha value is -6.44. The zero-order valence-corrected chi connectivity index (χ0v) is 23.8. The summed E-state index contributed by atoms with van der Waals surface area (Å²) in [4.78, 5) is 74.3. The number of hydrogen-bond donors (Lipinski definition) is 0. The predicted octanol–water partition coefficient (Wildman–Crippen LogP) is 5.34. The zero-order chi connectivity index (χ0) is 32.5. The molecule has 46 heavy (non-hydrogen) atoms. The summed E-state index contributed by atoms with van der Waals surface area (Å²) < 4.78 is 11.5. The van der Waals surface area contributed by atoms with Crippen LogP contribution in [0, 0.1) is 20.2 Å². The lowest BCUT2D eigenvalue weighted by molar-refractivity contribution is -0.385. The number of ether oxygens (including phenoxy) is 2. The summed E-state index contributed by atoms with van der Waals surface area (Å²) in [6.07, 6.45) is 1.16. The second kappa shape index (κ2) is 11.9. The van der Waals surface area contributed by atoms with Gasteiger partial charge in [0.15, 0.2) is 0 Å². The van der Waals surface area contributed by atoms with Gasteiger partial charge in [-0.05, 0) is 73.5 Å². The molecule has 0 saturated heterocycles. The molecule has 230 valence electrons. The highest BCUT2D eigenvalue weighted by atomic mass is 16.6. The van der Waals surface area contributed by atoms with Gasteiger partial charge in [-0.3, -0.25) is 39.4 Å². The molecule has 0 aliphatic carbocycles. The normalized spacial score (nSPS) is 13.6. The molecule has 4 aromatic carbocycles. The van der Waals surface area contributed by atoms with E-state index in [-0.39, 0.29) is 58.2 Å². The Bertz CT molecular complexity index is 1800. The summed E-state index contributed by atoms with van der Waals surface area (Å²) in [5.74, 6) is -1.39. The Morgan fingerprint density at radius 3 is 1.20 bits per heavy atom. The molecule has 6 rings (SSSR count). The third-order valence-electron chi connectivity index (χ3n) is 7.43. The van der Waals surface area contributed by atoms with Crippen molar-refractivity contribution in [2.24, 2.45) is 0 Å². The van der Waals surface area contributed by atoms with E-state index in [2.05, 4.69) is 0 Å². The van der Waals surface area contributed by atoms with E-state index in [4.69, 9.17) is 9.47 Å². The maximum Gasteiger partial charge on any atom is 0.269 e. The van der Waals surface area contributed by atoms with Crippen LogP contribution in [0.15, 0.2) is 84.9 Å². The molecule has 0 unspecified atom stereocenters. The van der Waals surface area contributed by atoms with Gasteiger partial charge in [-0.1, -0.05) is 0 Å². The SMILES string of the molecule is O=C1c2ccc(OCCCCOc3ccc4c(c3)C(=O)N(c3ccc([N+](=O)[O-])cc3)C4=O)cc2C(=O)N1c1ccc([N+](=O)[O-])cc1. The van der Waals surface area contributed by atoms with E-state index in [0.29, 0.717) is 24.3 Å². The van der Waals surface area contributed by atoms with Gasteiger partial charge >= 0.3 is 0 Å². The first kappa shape index (κ1) is 29.6. The van der Waals surface area contributed by atoms with Gasteiger partial charge in [-0.2, -0.15) is 0 Å². The van der Waals surface area contributed by atoms with Crippen LogP contribution in [0.25, 0.3) is 0 Å². The number of fused-ring (bicyclic) bond motifs is 2. The van der Waals surface area contributed by atoms with Crippen molar-refractivity contribution >= 4 is 46.4 Å². The van der Waals surface area contributed by atoms with Crippen LogP contribution in [0.1, 0.15) is 54.3 Å². The van der Waals surface area contributed by atoms with Crippen LogP contribution in [0.4, 0.5) is 22.7 Å². The topological polar surface area (TPSA) is 180 Å². The summed E-state index contributed by atoms with van der Waals surface area (Å²) in [5, 5.41) is 21.8. The number of rotatable bonds is 11. The van der Waals surface area contributed by atoms with E-state index in [0.717, 1.165) is 9.80 Å². The largest absolute Gasteiger partial charge is 0.494 e. The van der Waals surface area contributed by atoms with Crippen molar-refractivity contribution in [3.05, 3.63) is 127 Å². The number of hydrogen-bond acceptors (Lipinski definition) is 10. The molecule has 4 amide bonds. The van der Waals surface area contributed by atoms with Crippen molar-refractivity contribution in [1.29, 1.82) is 0 Å². The van der Waals surface area contributed by atoms with Crippen molar-refractivity contribution in [1.82, 2.24) is 0 Å². The second-order valence-corrected chi connectivity index (χ2v) is 10.3. The van der Waals surface area contributed by atoms with Crippen LogP contribution in [0.2, 0.25) is 0 Å². The number of carbonyl (C=O) groups is 4. The number of non-ortho nitro benzene ring substituents is 2. The van der Waals surface area contributed by atoms with Gasteiger partial charge in [0.1, 0.15) is 11.5 Å². The fraction of sp³-hybridized carbons (Fsp3) is 0.125. The fourth-order valence-electron chi connectivity index (χ4n) is 5.12. The highest BCUT2D eigenvalue weighted by Crippen LogP contribution is 2.33. The van der Waals surface area contributed by atoms with Crippen molar-refractivity contribution in [2.45, 2.75) is 12.8 Å². The van der Waals surface area contributed by atoms with E-state index in [1.807, 2.05) is 0 Å². The van der Waals surface area contributed by atoms with Gasteiger partial charge in [0, 0.05) is 24.3 Å². The Balaban J connectivity index is 1.000. The van der Waals surface area contributed by atoms with Crippen molar-refractivity contribution in [2.75, 3.05) is 23.0 Å². The fourth-order valence-corrected chi connectivity index (χ4v) is 5.12. The molecule has 4 aromatic rings. The van der Waals surface area contributed by atoms with Crippen LogP contribution in [0.5, 0.6) is 11.5 Å². The van der Waals surface area contributed by atoms with Crippen LogP contribution >= 0.6 is 0 Å². The summed E-state index contributed by atoms with van der Waals surface area (Å²) in [7, 11) is 0. The van der Waals surface area contributed by atoms with E-state index in [1.54, 1.807) is 12.1 Å². The van der Waals surface area contributed by atoms with Gasteiger partial charge in [0.05, 0.1) is 56.7 Å². The number of amides is 4. The number of unbranched alkanes of at least 4 members (excludes halogenated alkanes) is 1. The Morgan fingerprint density at radius 1 is 0.500 bits per heavy atom. The minimum atomic E-state index is -0.569. The Morgan fingerprint density at radius 2 is 0.848 bits per heavy atom. The lowest BCUT2D eigenvalue weighted by Crippen LogP contribution is -2.29. The van der Waals surface area contributed by atoms with Crippen LogP contribution in [-0.4, -0.2) is 46.7 Å². The number of carbonyl (C=O) groups excluding carboxylic acids is 4. The third-order valence-corrected chi connectivity index (χ3v) is 7.43. The average molecular weight is 623 g/mol. The van der Waals surface area contributed by atoms with E-state index >= 15 is 0 Å². The maximum absolute atomic E-state index is 13.0. The minimum absolute atomic E-state index is 0.159. The van der Waals surface area contributed by atoms with Gasteiger partial charge in [0.25, 0.3) is 35.0 Å². The van der Waals surface area contributed by atoms with Gasteiger partial charge in [-0.25, -0.2) is 9.80 Å². The third kappa shape index (κ3) is 5.38.